The third-order valence-corrected chi connectivity index (χ3v) is 4.27. The molecule has 0 spiro atoms. The van der Waals surface area contributed by atoms with Gasteiger partial charge in [-0.3, -0.25) is 9.36 Å². The van der Waals surface area contributed by atoms with Crippen LogP contribution in [0.2, 0.25) is 0 Å². The third kappa shape index (κ3) is 2.88. The van der Waals surface area contributed by atoms with E-state index in [4.69, 9.17) is 0 Å². The van der Waals surface area contributed by atoms with E-state index < -0.39 is 0 Å². The molecule has 2 aromatic rings. The van der Waals surface area contributed by atoms with Gasteiger partial charge in [0, 0.05) is 43.5 Å². The lowest BCUT2D eigenvalue weighted by Crippen LogP contribution is -2.39. The molecule has 7 heteroatoms. The van der Waals surface area contributed by atoms with Gasteiger partial charge in [-0.2, -0.15) is 0 Å². The zero-order valence-corrected chi connectivity index (χ0v) is 12.8. The summed E-state index contributed by atoms with van der Waals surface area (Å²) in [5.41, 5.74) is 0.983. The van der Waals surface area contributed by atoms with Crippen LogP contribution in [0.25, 0.3) is 0 Å². The molecule has 0 aliphatic heterocycles. The second-order valence-corrected chi connectivity index (χ2v) is 5.73. The van der Waals surface area contributed by atoms with Gasteiger partial charge < -0.3 is 9.88 Å². The van der Waals surface area contributed by atoms with Gasteiger partial charge in [0.05, 0.1) is 6.04 Å². The van der Waals surface area contributed by atoms with E-state index in [9.17, 15) is 9.59 Å². The largest absolute Gasteiger partial charge is 0.330 e. The third-order valence-electron chi connectivity index (χ3n) is 3.12. The standard InChI is InChI=1S/C13H18N4O2S/c1-8-7-20-11(15-8)9(2)14-5-10-6-16(3)13(19)17(4)12(10)18/h6-7,9,14H,5H2,1-4H3. The van der Waals surface area contributed by atoms with Gasteiger partial charge in [0.15, 0.2) is 0 Å². The summed E-state index contributed by atoms with van der Waals surface area (Å²) < 4.78 is 2.53. The highest BCUT2D eigenvalue weighted by atomic mass is 32.1. The first-order valence-corrected chi connectivity index (χ1v) is 7.19. The quantitative estimate of drug-likeness (QED) is 0.901. The number of nitrogens with one attached hydrogen (secondary N) is 1. The van der Waals surface area contributed by atoms with Crippen LogP contribution in [0.1, 0.15) is 29.2 Å². The number of hydrogen-bond donors (Lipinski definition) is 1. The van der Waals surface area contributed by atoms with E-state index in [1.165, 1.54) is 11.6 Å². The molecular weight excluding hydrogens is 276 g/mol. The van der Waals surface area contributed by atoms with Gasteiger partial charge >= 0.3 is 5.69 Å². The number of aryl methyl sites for hydroxylation is 2. The van der Waals surface area contributed by atoms with Gasteiger partial charge in [-0.1, -0.05) is 0 Å². The van der Waals surface area contributed by atoms with E-state index in [1.807, 2.05) is 19.2 Å². The molecule has 0 saturated heterocycles. The SMILES string of the molecule is Cc1csc(C(C)NCc2cn(C)c(=O)n(C)c2=O)n1. The fraction of sp³-hybridized carbons (Fsp3) is 0.462. The minimum Gasteiger partial charge on any atom is -0.304 e. The fourth-order valence-electron chi connectivity index (χ4n) is 1.93. The number of nitrogens with zero attached hydrogens (tertiary/aromatic N) is 3. The maximum absolute atomic E-state index is 12.0. The molecule has 2 aromatic heterocycles. The van der Waals surface area contributed by atoms with Crippen molar-refractivity contribution in [3.8, 4) is 0 Å². The number of aromatic nitrogens is 3. The van der Waals surface area contributed by atoms with Crippen LogP contribution >= 0.6 is 11.3 Å². The van der Waals surface area contributed by atoms with Crippen molar-refractivity contribution in [2.45, 2.75) is 26.4 Å². The molecule has 1 N–H and O–H groups in total. The summed E-state index contributed by atoms with van der Waals surface area (Å²) in [6.45, 7) is 4.36. The number of thiazole rings is 1. The summed E-state index contributed by atoms with van der Waals surface area (Å²) >= 11 is 1.59. The van der Waals surface area contributed by atoms with Crippen molar-refractivity contribution >= 4 is 11.3 Å². The van der Waals surface area contributed by atoms with Gasteiger partial charge in [-0.25, -0.2) is 9.78 Å². The van der Waals surface area contributed by atoms with Gasteiger partial charge in [-0.15, -0.1) is 11.3 Å². The van der Waals surface area contributed by atoms with Crippen LogP contribution in [0.4, 0.5) is 0 Å². The van der Waals surface area contributed by atoms with Gasteiger partial charge in [0.1, 0.15) is 5.01 Å². The molecule has 0 aliphatic carbocycles. The molecule has 2 heterocycles. The minimum absolute atomic E-state index is 0.0654. The molecule has 2 rings (SSSR count). The first-order valence-electron chi connectivity index (χ1n) is 6.31. The maximum Gasteiger partial charge on any atom is 0.330 e. The second kappa shape index (κ2) is 5.72. The zero-order valence-electron chi connectivity index (χ0n) is 12.0. The summed E-state index contributed by atoms with van der Waals surface area (Å²) in [6.07, 6.45) is 1.58. The Morgan fingerprint density at radius 2 is 2.10 bits per heavy atom. The van der Waals surface area contributed by atoms with E-state index in [0.717, 1.165) is 15.3 Å². The predicted octanol–water partition coefficient (Wildman–Crippen LogP) is 0.700. The summed E-state index contributed by atoms with van der Waals surface area (Å²) in [5, 5.41) is 6.25. The van der Waals surface area contributed by atoms with Crippen molar-refractivity contribution in [1.82, 2.24) is 19.4 Å². The Kier molecular flexibility index (Phi) is 4.20. The van der Waals surface area contributed by atoms with E-state index >= 15 is 0 Å². The van der Waals surface area contributed by atoms with Crippen molar-refractivity contribution in [3.05, 3.63) is 48.7 Å². The smallest absolute Gasteiger partial charge is 0.304 e. The van der Waals surface area contributed by atoms with E-state index in [2.05, 4.69) is 10.3 Å². The van der Waals surface area contributed by atoms with Crippen LogP contribution in [-0.4, -0.2) is 14.1 Å². The van der Waals surface area contributed by atoms with Crippen LogP contribution in [0.15, 0.2) is 21.2 Å². The Morgan fingerprint density at radius 3 is 2.70 bits per heavy atom. The summed E-state index contributed by atoms with van der Waals surface area (Å²) in [7, 11) is 3.13. The molecule has 108 valence electrons. The zero-order chi connectivity index (χ0) is 14.9. The summed E-state index contributed by atoms with van der Waals surface area (Å²) in [6, 6.07) is 0.0654. The molecule has 0 aliphatic rings. The lowest BCUT2D eigenvalue weighted by molar-refractivity contribution is 0.556. The van der Waals surface area contributed by atoms with E-state index in [-0.39, 0.29) is 17.3 Å². The summed E-state index contributed by atoms with van der Waals surface area (Å²) in [4.78, 5) is 28.0. The van der Waals surface area contributed by atoms with Crippen LogP contribution in [-0.2, 0) is 20.6 Å². The highest BCUT2D eigenvalue weighted by Crippen LogP contribution is 2.17. The number of rotatable bonds is 4. The van der Waals surface area contributed by atoms with Crippen molar-refractivity contribution < 1.29 is 0 Å². The Morgan fingerprint density at radius 1 is 1.40 bits per heavy atom. The lowest BCUT2D eigenvalue weighted by atomic mass is 10.3. The van der Waals surface area contributed by atoms with Crippen LogP contribution in [0.3, 0.4) is 0 Å². The molecule has 0 radical (unpaired) electrons. The van der Waals surface area contributed by atoms with Crippen LogP contribution < -0.4 is 16.6 Å². The topological polar surface area (TPSA) is 68.9 Å². The molecule has 0 saturated carbocycles. The highest BCUT2D eigenvalue weighted by molar-refractivity contribution is 7.09. The molecule has 20 heavy (non-hydrogen) atoms. The Balaban J connectivity index is 2.16. The lowest BCUT2D eigenvalue weighted by Gasteiger charge is -2.12. The highest BCUT2D eigenvalue weighted by Gasteiger charge is 2.11. The summed E-state index contributed by atoms with van der Waals surface area (Å²) in [5.74, 6) is 0. The predicted molar refractivity (Wildman–Crippen MR) is 79.0 cm³/mol. The van der Waals surface area contributed by atoms with E-state index in [1.54, 1.807) is 24.6 Å². The average molecular weight is 294 g/mol. The first-order chi connectivity index (χ1) is 9.40. The first kappa shape index (κ1) is 14.7. The monoisotopic (exact) mass is 294 g/mol. The number of hydrogen-bond acceptors (Lipinski definition) is 5. The van der Waals surface area contributed by atoms with Crippen LogP contribution in [0, 0.1) is 6.92 Å². The molecule has 1 unspecified atom stereocenters. The van der Waals surface area contributed by atoms with Crippen molar-refractivity contribution in [3.63, 3.8) is 0 Å². The van der Waals surface area contributed by atoms with Gasteiger partial charge in [0.25, 0.3) is 5.56 Å². The molecule has 0 aromatic carbocycles. The maximum atomic E-state index is 12.0. The fourth-order valence-corrected chi connectivity index (χ4v) is 2.75. The van der Waals surface area contributed by atoms with Gasteiger partial charge in [-0.05, 0) is 13.8 Å². The molecule has 0 bridgehead atoms. The molecular formula is C13H18N4O2S. The van der Waals surface area contributed by atoms with Crippen LogP contribution in [0.5, 0.6) is 0 Å². The Bertz CT molecular complexity index is 729. The Labute approximate surface area is 120 Å². The minimum atomic E-state index is -0.317. The van der Waals surface area contributed by atoms with Gasteiger partial charge in [0.2, 0.25) is 0 Å². The average Bonchev–Trinajstić information content (AvgIpc) is 2.85. The second-order valence-electron chi connectivity index (χ2n) is 4.84. The Hall–Kier alpha value is -1.73. The van der Waals surface area contributed by atoms with E-state index in [0.29, 0.717) is 12.1 Å². The molecule has 0 fully saturated rings. The molecule has 1 atom stereocenters. The van der Waals surface area contributed by atoms with Crippen molar-refractivity contribution in [1.29, 1.82) is 0 Å². The molecule has 0 amide bonds. The molecule has 6 nitrogen and oxygen atoms in total. The van der Waals surface area contributed by atoms with Crippen molar-refractivity contribution in [2.24, 2.45) is 14.1 Å². The van der Waals surface area contributed by atoms with Crippen molar-refractivity contribution in [2.75, 3.05) is 0 Å². The normalized spacial score (nSPS) is 12.6.